The van der Waals surface area contributed by atoms with E-state index in [1.54, 1.807) is 6.92 Å². The highest BCUT2D eigenvalue weighted by Gasteiger charge is 2.60. The molecule has 0 radical (unpaired) electrons. The summed E-state index contributed by atoms with van der Waals surface area (Å²) < 4.78 is 5.78. The highest BCUT2D eigenvalue weighted by atomic mass is 32.2. The van der Waals surface area contributed by atoms with Gasteiger partial charge in [0.25, 0.3) is 0 Å². The molecule has 2 fully saturated rings. The number of carboxylic acids is 1. The summed E-state index contributed by atoms with van der Waals surface area (Å²) in [5.74, 6) is -2.48. The van der Waals surface area contributed by atoms with Gasteiger partial charge in [-0.05, 0) is 19.3 Å². The van der Waals surface area contributed by atoms with Crippen molar-refractivity contribution in [3.63, 3.8) is 0 Å². The van der Waals surface area contributed by atoms with Crippen LogP contribution in [0.25, 0.3) is 0 Å². The van der Waals surface area contributed by atoms with E-state index in [1.807, 2.05) is 20.8 Å². The van der Waals surface area contributed by atoms with Gasteiger partial charge in [0.1, 0.15) is 5.70 Å². The maximum absolute atomic E-state index is 12.5. The molecule has 3 rings (SSSR count). The van der Waals surface area contributed by atoms with Crippen LogP contribution < -0.4 is 11.1 Å². The summed E-state index contributed by atoms with van der Waals surface area (Å²) in [6.45, 7) is 8.02. The maximum atomic E-state index is 12.5. The minimum atomic E-state index is -1.14. The van der Waals surface area contributed by atoms with Gasteiger partial charge in [0.05, 0.1) is 30.2 Å². The van der Waals surface area contributed by atoms with Crippen LogP contribution in [-0.4, -0.2) is 75.6 Å². The van der Waals surface area contributed by atoms with Crippen LogP contribution in [0.3, 0.4) is 0 Å². The highest BCUT2D eigenvalue weighted by molar-refractivity contribution is 8.03. The van der Waals surface area contributed by atoms with E-state index < -0.39 is 24.0 Å². The molecular formula is C20H31N3O6S. The number of hydrogen-bond donors (Lipinski definition) is 4. The number of nitrogens with zero attached hydrogens (tertiary/aromatic N) is 1. The monoisotopic (exact) mass is 441 g/mol. The van der Waals surface area contributed by atoms with Crippen LogP contribution in [0.2, 0.25) is 0 Å². The molecule has 30 heavy (non-hydrogen) atoms. The first-order valence-electron chi connectivity index (χ1n) is 10.4. The number of fused-ring (bicyclic) bond motifs is 1. The fraction of sp³-hybridized carbons (Fsp3) is 0.750. The number of amides is 2. The van der Waals surface area contributed by atoms with E-state index in [1.165, 1.54) is 16.7 Å². The number of β-lactam (4-membered cyclic amide) rings is 1. The van der Waals surface area contributed by atoms with E-state index in [0.29, 0.717) is 24.5 Å². The van der Waals surface area contributed by atoms with Crippen molar-refractivity contribution in [2.75, 3.05) is 13.2 Å². The molecule has 9 nitrogen and oxygen atoms in total. The number of rotatable bonds is 8. The molecule has 3 aliphatic rings. The summed E-state index contributed by atoms with van der Waals surface area (Å²) in [4.78, 5) is 38.5. The molecule has 0 saturated carbocycles. The fourth-order valence-electron chi connectivity index (χ4n) is 4.42. The summed E-state index contributed by atoms with van der Waals surface area (Å²) in [6, 6.07) is -0.934. The van der Waals surface area contributed by atoms with Gasteiger partial charge in [-0.1, -0.05) is 20.8 Å². The van der Waals surface area contributed by atoms with Crippen LogP contribution >= 0.6 is 11.8 Å². The van der Waals surface area contributed by atoms with Crippen molar-refractivity contribution < 1.29 is 29.3 Å². The minimum Gasteiger partial charge on any atom is -0.477 e. The van der Waals surface area contributed by atoms with E-state index in [0.717, 1.165) is 0 Å². The third kappa shape index (κ3) is 3.98. The Morgan fingerprint density at radius 3 is 2.60 bits per heavy atom. The molecule has 0 bridgehead atoms. The molecule has 0 aliphatic carbocycles. The number of thioether (sulfide) groups is 1. The Labute approximate surface area is 180 Å². The van der Waals surface area contributed by atoms with Crippen molar-refractivity contribution in [3.8, 4) is 0 Å². The van der Waals surface area contributed by atoms with E-state index in [4.69, 9.17) is 10.5 Å². The Morgan fingerprint density at radius 2 is 2.03 bits per heavy atom. The van der Waals surface area contributed by atoms with Crippen molar-refractivity contribution in [3.05, 3.63) is 10.6 Å². The Kier molecular flexibility index (Phi) is 6.81. The molecule has 3 heterocycles. The first-order chi connectivity index (χ1) is 14.1. The van der Waals surface area contributed by atoms with Gasteiger partial charge in [-0.2, -0.15) is 0 Å². The van der Waals surface area contributed by atoms with Gasteiger partial charge < -0.3 is 30.9 Å². The van der Waals surface area contributed by atoms with Crippen molar-refractivity contribution in [2.45, 2.75) is 63.7 Å². The molecule has 10 heteroatoms. The topological polar surface area (TPSA) is 142 Å². The molecule has 0 spiro atoms. The van der Waals surface area contributed by atoms with Crippen molar-refractivity contribution in [1.82, 2.24) is 10.2 Å². The Bertz CT molecular complexity index is 755. The molecule has 0 aromatic heterocycles. The Balaban J connectivity index is 1.72. The smallest absolute Gasteiger partial charge is 0.353 e. The molecule has 2 saturated heterocycles. The summed E-state index contributed by atoms with van der Waals surface area (Å²) in [5, 5.41) is 22.5. The third-order valence-corrected chi connectivity index (χ3v) is 7.90. The number of nitrogens with two attached hydrogens (primary N) is 1. The normalized spacial score (nSPS) is 32.8. The van der Waals surface area contributed by atoms with E-state index in [9.17, 15) is 24.6 Å². The van der Waals surface area contributed by atoms with Gasteiger partial charge in [-0.25, -0.2) is 4.79 Å². The molecule has 168 valence electrons. The molecular weight excluding hydrogens is 410 g/mol. The number of ether oxygens (including phenoxy) is 1. The van der Waals surface area contributed by atoms with Gasteiger partial charge in [0.2, 0.25) is 11.8 Å². The number of aliphatic carboxylic acids is 1. The van der Waals surface area contributed by atoms with Crippen LogP contribution in [0.5, 0.6) is 0 Å². The molecule has 2 amide bonds. The molecule has 5 N–H and O–H groups in total. The van der Waals surface area contributed by atoms with Crippen molar-refractivity contribution in [1.29, 1.82) is 0 Å². The average molecular weight is 442 g/mol. The second kappa shape index (κ2) is 8.86. The van der Waals surface area contributed by atoms with E-state index in [2.05, 4.69) is 5.32 Å². The summed E-state index contributed by atoms with van der Waals surface area (Å²) >= 11 is 1.41. The number of aliphatic hydroxyl groups excluding tert-OH is 1. The summed E-state index contributed by atoms with van der Waals surface area (Å²) in [6.07, 6.45) is -0.392. The maximum Gasteiger partial charge on any atom is 0.353 e. The number of nitrogens with one attached hydrogen (secondary N) is 1. The lowest BCUT2D eigenvalue weighted by Gasteiger charge is -2.46. The summed E-state index contributed by atoms with van der Waals surface area (Å²) in [5.41, 5.74) is 5.89. The van der Waals surface area contributed by atoms with E-state index >= 15 is 0 Å². The minimum absolute atomic E-state index is 0.0101. The fourth-order valence-corrected chi connectivity index (χ4v) is 5.94. The molecule has 0 unspecified atom stereocenters. The zero-order chi connectivity index (χ0) is 22.3. The highest BCUT2D eigenvalue weighted by Crippen LogP contribution is 2.52. The van der Waals surface area contributed by atoms with Gasteiger partial charge in [-0.15, -0.1) is 11.8 Å². The van der Waals surface area contributed by atoms with Crippen LogP contribution in [0.4, 0.5) is 0 Å². The lowest BCUT2D eigenvalue weighted by molar-refractivity contribution is -0.163. The largest absolute Gasteiger partial charge is 0.477 e. The number of carboxylic acid groups (broad SMARTS) is 1. The molecule has 0 aromatic carbocycles. The SMILES string of the molecule is CC(C)[C@@H](N)C(=O)NC[C@H]1OCC[C@H]1SC1=C(C(=O)O)N2C(=O)[C@H]([C@@H](C)O)[C@H]2[C@H]1C. The number of carbonyl (C=O) groups excluding carboxylic acids is 2. The van der Waals surface area contributed by atoms with Gasteiger partial charge in [0.15, 0.2) is 0 Å². The van der Waals surface area contributed by atoms with Gasteiger partial charge in [0, 0.05) is 29.2 Å². The van der Waals surface area contributed by atoms with Crippen molar-refractivity contribution >= 4 is 29.5 Å². The average Bonchev–Trinajstić information content (AvgIpc) is 3.20. The van der Waals surface area contributed by atoms with Crippen molar-refractivity contribution in [2.24, 2.45) is 23.5 Å². The number of aliphatic hydroxyl groups is 1. The standard InChI is InChI=1S/C20H31N3O6S/c1-8(2)14(21)18(25)22-7-11-12(5-6-29-11)30-17-9(3)15-13(10(4)24)19(26)23(15)16(17)20(27)28/h8-15,24H,5-7,21H2,1-4H3,(H,22,25)(H,27,28)/t9-,10-,11-,12-,13-,14-,15-/m1/s1. The first kappa shape index (κ1) is 23.1. The van der Waals surface area contributed by atoms with Crippen LogP contribution in [-0.2, 0) is 19.1 Å². The molecule has 7 atom stereocenters. The molecule has 0 aromatic rings. The van der Waals surface area contributed by atoms with Crippen LogP contribution in [0.15, 0.2) is 10.6 Å². The second-order valence-corrected chi connectivity index (χ2v) is 9.92. The van der Waals surface area contributed by atoms with Crippen LogP contribution in [0.1, 0.15) is 34.1 Å². The second-order valence-electron chi connectivity index (χ2n) is 8.64. The first-order valence-corrected chi connectivity index (χ1v) is 11.2. The number of hydrogen-bond acceptors (Lipinski definition) is 7. The van der Waals surface area contributed by atoms with Gasteiger partial charge >= 0.3 is 5.97 Å². The lowest BCUT2D eigenvalue weighted by Crippen LogP contribution is -2.63. The zero-order valence-corrected chi connectivity index (χ0v) is 18.5. The zero-order valence-electron chi connectivity index (χ0n) is 17.7. The lowest BCUT2D eigenvalue weighted by atomic mass is 9.79. The summed E-state index contributed by atoms with van der Waals surface area (Å²) in [7, 11) is 0. The Morgan fingerprint density at radius 1 is 1.37 bits per heavy atom. The van der Waals surface area contributed by atoms with Gasteiger partial charge in [-0.3, -0.25) is 9.59 Å². The predicted octanol–water partition coefficient (Wildman–Crippen LogP) is 0.130. The molecule has 3 aliphatic heterocycles. The quantitative estimate of drug-likeness (QED) is 0.389. The number of carbonyl (C=O) groups is 3. The predicted molar refractivity (Wildman–Crippen MR) is 111 cm³/mol. The Hall–Kier alpha value is -1.62. The van der Waals surface area contributed by atoms with Crippen LogP contribution in [0, 0.1) is 17.8 Å². The van der Waals surface area contributed by atoms with E-state index in [-0.39, 0.29) is 46.7 Å². The third-order valence-electron chi connectivity index (χ3n) is 6.24.